The Hall–Kier alpha value is -3.41. The molecule has 0 spiro atoms. The largest absolute Gasteiger partial charge is 0.497 e. The van der Waals surface area contributed by atoms with Crippen LogP contribution in [0.2, 0.25) is 0 Å². The standard InChI is InChI=1S/C28H32FNO4/c1-18-6-7-19(8-13-27(31)32)14-26(18)34-17-20-9-11-22(25(30-20)16-28(2,3)4)23-15-21(33-5)10-12-24(23)29/h6-7,9-12,14-15H,8,13,16-17H2,1-5H3,(H,31,32). The Kier molecular flexibility index (Phi) is 7.92. The SMILES string of the molecule is COc1ccc(F)c(-c2ccc(COc3cc(CCC(=O)O)ccc3C)nc2CC(C)(C)C)c1. The second-order valence-corrected chi connectivity index (χ2v) is 9.66. The number of rotatable bonds is 9. The van der Waals surface area contributed by atoms with Crippen LogP contribution in [0.5, 0.6) is 11.5 Å². The molecule has 0 aliphatic carbocycles. The van der Waals surface area contributed by atoms with E-state index in [1.54, 1.807) is 19.2 Å². The number of halogens is 1. The molecule has 3 aromatic rings. The van der Waals surface area contributed by atoms with Crippen LogP contribution < -0.4 is 9.47 Å². The summed E-state index contributed by atoms with van der Waals surface area (Å²) in [6.45, 7) is 8.56. The second kappa shape index (κ2) is 10.7. The molecule has 0 saturated heterocycles. The molecule has 0 radical (unpaired) electrons. The van der Waals surface area contributed by atoms with E-state index in [0.29, 0.717) is 29.9 Å². The lowest BCUT2D eigenvalue weighted by molar-refractivity contribution is -0.136. The van der Waals surface area contributed by atoms with Gasteiger partial charge in [-0.2, -0.15) is 0 Å². The van der Waals surface area contributed by atoms with E-state index in [1.165, 1.54) is 6.07 Å². The van der Waals surface area contributed by atoms with Crippen molar-refractivity contribution in [3.05, 3.63) is 76.9 Å². The average Bonchev–Trinajstić information content (AvgIpc) is 2.77. The normalized spacial score (nSPS) is 11.4. The number of aryl methyl sites for hydroxylation is 2. The molecule has 0 amide bonds. The molecule has 0 aliphatic rings. The van der Waals surface area contributed by atoms with Gasteiger partial charge in [0.2, 0.25) is 0 Å². The second-order valence-electron chi connectivity index (χ2n) is 9.66. The summed E-state index contributed by atoms with van der Waals surface area (Å²) < 4.78 is 26.1. The minimum Gasteiger partial charge on any atom is -0.497 e. The molecule has 34 heavy (non-hydrogen) atoms. The Bertz CT molecular complexity index is 1170. The van der Waals surface area contributed by atoms with Crippen molar-refractivity contribution in [1.82, 2.24) is 4.98 Å². The number of aromatic nitrogens is 1. The maximum Gasteiger partial charge on any atom is 0.303 e. The molecule has 3 rings (SSSR count). The number of carboxylic acids is 1. The molecule has 0 saturated carbocycles. The Labute approximate surface area is 200 Å². The van der Waals surface area contributed by atoms with Gasteiger partial charge in [-0.25, -0.2) is 4.39 Å². The van der Waals surface area contributed by atoms with Crippen LogP contribution in [0.15, 0.2) is 48.5 Å². The first-order valence-electron chi connectivity index (χ1n) is 11.3. The summed E-state index contributed by atoms with van der Waals surface area (Å²) in [6, 6.07) is 14.2. The highest BCUT2D eigenvalue weighted by Gasteiger charge is 2.19. The topological polar surface area (TPSA) is 68.7 Å². The third kappa shape index (κ3) is 6.80. The zero-order valence-corrected chi connectivity index (χ0v) is 20.4. The first-order valence-corrected chi connectivity index (χ1v) is 11.3. The van der Waals surface area contributed by atoms with E-state index in [2.05, 4.69) is 20.8 Å². The van der Waals surface area contributed by atoms with Gasteiger partial charge >= 0.3 is 5.97 Å². The van der Waals surface area contributed by atoms with E-state index in [0.717, 1.165) is 28.1 Å². The average molecular weight is 466 g/mol. The zero-order valence-electron chi connectivity index (χ0n) is 20.4. The van der Waals surface area contributed by atoms with Crippen LogP contribution >= 0.6 is 0 Å². The molecule has 0 unspecified atom stereocenters. The van der Waals surface area contributed by atoms with Gasteiger partial charge in [0.15, 0.2) is 0 Å². The Balaban J connectivity index is 1.89. The van der Waals surface area contributed by atoms with Crippen molar-refractivity contribution in [2.45, 2.75) is 53.6 Å². The molecule has 0 bridgehead atoms. The number of ether oxygens (including phenoxy) is 2. The molecule has 0 fully saturated rings. The molecule has 2 aromatic carbocycles. The maximum atomic E-state index is 14.7. The van der Waals surface area contributed by atoms with Gasteiger partial charge in [0, 0.05) is 23.2 Å². The molecule has 0 atom stereocenters. The van der Waals surface area contributed by atoms with Gasteiger partial charge in [-0.1, -0.05) is 39.0 Å². The van der Waals surface area contributed by atoms with E-state index in [4.69, 9.17) is 19.6 Å². The number of pyridine rings is 1. The maximum absolute atomic E-state index is 14.7. The quantitative estimate of drug-likeness (QED) is 0.397. The third-order valence-corrected chi connectivity index (χ3v) is 5.45. The van der Waals surface area contributed by atoms with Crippen LogP contribution in [-0.2, 0) is 24.2 Å². The monoisotopic (exact) mass is 465 g/mol. The van der Waals surface area contributed by atoms with E-state index < -0.39 is 5.97 Å². The number of benzene rings is 2. The van der Waals surface area contributed by atoms with Gasteiger partial charge in [0.1, 0.15) is 23.9 Å². The van der Waals surface area contributed by atoms with Gasteiger partial charge in [0.05, 0.1) is 12.8 Å². The summed E-state index contributed by atoms with van der Waals surface area (Å²) in [5.74, 6) is 0.135. The molecular weight excluding hydrogens is 433 g/mol. The van der Waals surface area contributed by atoms with Crippen molar-refractivity contribution in [2.24, 2.45) is 5.41 Å². The highest BCUT2D eigenvalue weighted by molar-refractivity contribution is 5.68. The molecule has 0 aliphatic heterocycles. The van der Waals surface area contributed by atoms with E-state index in [-0.39, 0.29) is 24.3 Å². The lowest BCUT2D eigenvalue weighted by Gasteiger charge is -2.21. The van der Waals surface area contributed by atoms with Crippen LogP contribution in [0.1, 0.15) is 49.7 Å². The van der Waals surface area contributed by atoms with Gasteiger partial charge in [-0.15, -0.1) is 0 Å². The smallest absolute Gasteiger partial charge is 0.303 e. The Morgan fingerprint density at radius 3 is 2.50 bits per heavy atom. The fourth-order valence-corrected chi connectivity index (χ4v) is 3.71. The van der Waals surface area contributed by atoms with Crippen LogP contribution in [-0.4, -0.2) is 23.2 Å². The van der Waals surface area contributed by atoms with Crippen LogP contribution in [0, 0.1) is 18.2 Å². The number of aliphatic carboxylic acids is 1. The highest BCUT2D eigenvalue weighted by atomic mass is 19.1. The van der Waals surface area contributed by atoms with Crippen molar-refractivity contribution in [2.75, 3.05) is 7.11 Å². The summed E-state index contributed by atoms with van der Waals surface area (Å²) >= 11 is 0. The number of methoxy groups -OCH3 is 1. The molecule has 1 heterocycles. The fraction of sp³-hybridized carbons (Fsp3) is 0.357. The minimum atomic E-state index is -0.828. The number of carboxylic acid groups (broad SMARTS) is 1. The van der Waals surface area contributed by atoms with Crippen LogP contribution in [0.3, 0.4) is 0 Å². The Morgan fingerprint density at radius 1 is 1.06 bits per heavy atom. The van der Waals surface area contributed by atoms with E-state index >= 15 is 0 Å². The van der Waals surface area contributed by atoms with Crippen molar-refractivity contribution >= 4 is 5.97 Å². The number of hydrogen-bond donors (Lipinski definition) is 1. The molecule has 6 heteroatoms. The van der Waals surface area contributed by atoms with Gasteiger partial charge in [0.25, 0.3) is 0 Å². The summed E-state index contributed by atoms with van der Waals surface area (Å²) in [5, 5.41) is 8.94. The molecular formula is C28H32FNO4. The fourth-order valence-electron chi connectivity index (χ4n) is 3.71. The molecule has 1 N–H and O–H groups in total. The third-order valence-electron chi connectivity index (χ3n) is 5.45. The number of nitrogens with zero attached hydrogens (tertiary/aromatic N) is 1. The predicted octanol–water partition coefficient (Wildman–Crippen LogP) is 6.39. The molecule has 1 aromatic heterocycles. The van der Waals surface area contributed by atoms with Crippen molar-refractivity contribution in [3.8, 4) is 22.6 Å². The zero-order chi connectivity index (χ0) is 24.9. The number of hydrogen-bond acceptors (Lipinski definition) is 4. The molecule has 5 nitrogen and oxygen atoms in total. The van der Waals surface area contributed by atoms with Crippen molar-refractivity contribution in [3.63, 3.8) is 0 Å². The minimum absolute atomic E-state index is 0.0500. The van der Waals surface area contributed by atoms with Crippen LogP contribution in [0.25, 0.3) is 11.1 Å². The van der Waals surface area contributed by atoms with E-state index in [1.807, 2.05) is 37.3 Å². The first kappa shape index (κ1) is 25.2. The summed E-state index contributed by atoms with van der Waals surface area (Å²) in [7, 11) is 1.56. The van der Waals surface area contributed by atoms with Crippen molar-refractivity contribution < 1.29 is 23.8 Å². The van der Waals surface area contributed by atoms with Gasteiger partial charge < -0.3 is 14.6 Å². The van der Waals surface area contributed by atoms with Crippen molar-refractivity contribution in [1.29, 1.82) is 0 Å². The lowest BCUT2D eigenvalue weighted by Crippen LogP contribution is -2.13. The summed E-state index contributed by atoms with van der Waals surface area (Å²) in [5.41, 5.74) is 4.56. The van der Waals surface area contributed by atoms with E-state index in [9.17, 15) is 9.18 Å². The summed E-state index contributed by atoms with van der Waals surface area (Å²) in [6.07, 6.45) is 1.18. The lowest BCUT2D eigenvalue weighted by atomic mass is 9.87. The first-order chi connectivity index (χ1) is 16.1. The predicted molar refractivity (Wildman–Crippen MR) is 131 cm³/mol. The van der Waals surface area contributed by atoms with Crippen LogP contribution in [0.4, 0.5) is 4.39 Å². The Morgan fingerprint density at radius 2 is 1.82 bits per heavy atom. The summed E-state index contributed by atoms with van der Waals surface area (Å²) in [4.78, 5) is 15.7. The highest BCUT2D eigenvalue weighted by Crippen LogP contribution is 2.33. The molecule has 180 valence electrons. The van der Waals surface area contributed by atoms with Gasteiger partial charge in [-0.05, 0) is 66.6 Å². The van der Waals surface area contributed by atoms with Gasteiger partial charge in [-0.3, -0.25) is 9.78 Å². The number of carbonyl (C=O) groups is 1.